The Morgan fingerprint density at radius 3 is 2.59 bits per heavy atom. The van der Waals surface area contributed by atoms with Gasteiger partial charge in [-0.2, -0.15) is 0 Å². The van der Waals surface area contributed by atoms with Crippen molar-refractivity contribution in [1.82, 2.24) is 19.7 Å². The number of nitrogens with zero attached hydrogens (tertiary/aromatic N) is 4. The minimum absolute atomic E-state index is 0.113. The van der Waals surface area contributed by atoms with E-state index in [0.29, 0.717) is 17.1 Å². The van der Waals surface area contributed by atoms with Crippen LogP contribution in [0.3, 0.4) is 0 Å². The summed E-state index contributed by atoms with van der Waals surface area (Å²) >= 11 is 0. The van der Waals surface area contributed by atoms with Crippen molar-refractivity contribution in [3.8, 4) is 11.5 Å². The fourth-order valence-corrected chi connectivity index (χ4v) is 3.22. The fraction of sp³-hybridized carbons (Fsp3) is 0.125. The number of halogens is 1. The van der Waals surface area contributed by atoms with Crippen LogP contribution in [0.15, 0.2) is 73.1 Å². The molecule has 0 spiro atoms. The lowest BCUT2D eigenvalue weighted by Gasteiger charge is -2.13. The first-order chi connectivity index (χ1) is 16.5. The number of nitrogens with one attached hydrogen (secondary N) is 2. The fourth-order valence-electron chi connectivity index (χ4n) is 3.22. The van der Waals surface area contributed by atoms with Gasteiger partial charge < -0.3 is 20.3 Å². The molecule has 4 aromatic rings. The van der Waals surface area contributed by atoms with Crippen LogP contribution in [-0.2, 0) is 0 Å². The lowest BCUT2D eigenvalue weighted by molar-refractivity contribution is 0.101. The second-order valence-corrected chi connectivity index (χ2v) is 7.47. The number of carbonyl (C=O) groups is 2. The molecule has 2 amide bonds. The maximum Gasteiger partial charge on any atom is 0.259 e. The highest BCUT2D eigenvalue weighted by Gasteiger charge is 2.17. The summed E-state index contributed by atoms with van der Waals surface area (Å²) in [5.41, 5.74) is 0.866. The second-order valence-electron chi connectivity index (χ2n) is 7.47. The number of pyridine rings is 1. The highest BCUT2D eigenvalue weighted by atomic mass is 19.1. The minimum Gasteiger partial charge on any atom is -0.394 e. The topological polar surface area (TPSA) is 122 Å². The van der Waals surface area contributed by atoms with Crippen molar-refractivity contribution in [2.24, 2.45) is 0 Å². The summed E-state index contributed by atoms with van der Waals surface area (Å²) in [7, 11) is 0. The first-order valence-electron chi connectivity index (χ1n) is 10.4. The van der Waals surface area contributed by atoms with Crippen LogP contribution in [0.25, 0.3) is 11.5 Å². The van der Waals surface area contributed by atoms with Crippen LogP contribution in [0.2, 0.25) is 0 Å². The van der Waals surface area contributed by atoms with Crippen LogP contribution in [0, 0.1) is 5.82 Å². The second kappa shape index (κ2) is 10.0. The van der Waals surface area contributed by atoms with Crippen LogP contribution in [0.5, 0.6) is 0 Å². The number of aliphatic hydroxyl groups is 1. The predicted octanol–water partition coefficient (Wildman–Crippen LogP) is 3.54. The van der Waals surface area contributed by atoms with Crippen molar-refractivity contribution in [3.63, 3.8) is 0 Å². The zero-order valence-electron chi connectivity index (χ0n) is 18.1. The molecule has 3 N–H and O–H groups in total. The summed E-state index contributed by atoms with van der Waals surface area (Å²) in [4.78, 5) is 29.5. The SMILES string of the molecule is C[C@H](CO)n1cnnc1-c1cccc(NC(=O)c2cc(NC(=O)c3ccccc3)ccc2F)n1. The Balaban J connectivity index is 1.53. The van der Waals surface area contributed by atoms with Crippen molar-refractivity contribution in [1.29, 1.82) is 0 Å². The third-order valence-corrected chi connectivity index (χ3v) is 5.04. The van der Waals surface area contributed by atoms with E-state index in [2.05, 4.69) is 25.8 Å². The van der Waals surface area contributed by atoms with Crippen molar-refractivity contribution in [2.45, 2.75) is 13.0 Å². The van der Waals surface area contributed by atoms with Gasteiger partial charge in [0.2, 0.25) is 0 Å². The predicted molar refractivity (Wildman–Crippen MR) is 124 cm³/mol. The molecule has 0 aliphatic rings. The number of aliphatic hydroxyl groups excluding tert-OH is 1. The maximum atomic E-state index is 14.4. The average Bonchev–Trinajstić information content (AvgIpc) is 3.35. The Labute approximate surface area is 194 Å². The van der Waals surface area contributed by atoms with E-state index in [-0.39, 0.29) is 35.6 Å². The molecule has 4 rings (SSSR count). The summed E-state index contributed by atoms with van der Waals surface area (Å²) in [6.45, 7) is 1.68. The molecule has 1 atom stereocenters. The van der Waals surface area contributed by atoms with E-state index in [1.807, 2.05) is 0 Å². The van der Waals surface area contributed by atoms with Gasteiger partial charge in [-0.25, -0.2) is 9.37 Å². The third kappa shape index (κ3) is 4.97. The molecule has 34 heavy (non-hydrogen) atoms. The molecule has 0 saturated heterocycles. The summed E-state index contributed by atoms with van der Waals surface area (Å²) in [6.07, 6.45) is 1.48. The highest BCUT2D eigenvalue weighted by Crippen LogP contribution is 2.21. The number of carbonyl (C=O) groups excluding carboxylic acids is 2. The molecule has 0 fully saturated rings. The molecule has 0 aliphatic carbocycles. The average molecular weight is 460 g/mol. The van der Waals surface area contributed by atoms with E-state index in [1.54, 1.807) is 60.0 Å². The van der Waals surface area contributed by atoms with E-state index in [9.17, 15) is 19.1 Å². The van der Waals surface area contributed by atoms with E-state index < -0.39 is 11.7 Å². The smallest absolute Gasteiger partial charge is 0.259 e. The number of anilines is 2. The largest absolute Gasteiger partial charge is 0.394 e. The zero-order valence-corrected chi connectivity index (χ0v) is 18.1. The maximum absolute atomic E-state index is 14.4. The summed E-state index contributed by atoms with van der Waals surface area (Å²) < 4.78 is 16.1. The van der Waals surface area contributed by atoms with E-state index in [0.717, 1.165) is 6.07 Å². The Morgan fingerprint density at radius 2 is 1.82 bits per heavy atom. The first-order valence-corrected chi connectivity index (χ1v) is 10.4. The Morgan fingerprint density at radius 1 is 1.03 bits per heavy atom. The number of aromatic nitrogens is 4. The third-order valence-electron chi connectivity index (χ3n) is 5.04. The minimum atomic E-state index is -0.747. The molecule has 0 radical (unpaired) electrons. The molecule has 0 aliphatic heterocycles. The molecule has 0 unspecified atom stereocenters. The highest BCUT2D eigenvalue weighted by molar-refractivity contribution is 6.07. The van der Waals surface area contributed by atoms with Crippen LogP contribution in [-0.4, -0.2) is 43.3 Å². The molecule has 0 bridgehead atoms. The summed E-state index contributed by atoms with van der Waals surface area (Å²) in [5, 5.41) is 22.6. The van der Waals surface area contributed by atoms with Gasteiger partial charge in [-0.15, -0.1) is 10.2 Å². The van der Waals surface area contributed by atoms with Gasteiger partial charge >= 0.3 is 0 Å². The monoisotopic (exact) mass is 460 g/mol. The van der Waals surface area contributed by atoms with Crippen molar-refractivity contribution < 1.29 is 19.1 Å². The van der Waals surface area contributed by atoms with Crippen LogP contribution >= 0.6 is 0 Å². The molecule has 2 heterocycles. The van der Waals surface area contributed by atoms with Gasteiger partial charge in [-0.05, 0) is 49.4 Å². The van der Waals surface area contributed by atoms with Gasteiger partial charge in [0.25, 0.3) is 11.8 Å². The van der Waals surface area contributed by atoms with Gasteiger partial charge in [0.05, 0.1) is 18.2 Å². The Hall–Kier alpha value is -4.44. The molecular formula is C24H21FN6O3. The van der Waals surface area contributed by atoms with Crippen molar-refractivity contribution >= 4 is 23.3 Å². The van der Waals surface area contributed by atoms with Crippen molar-refractivity contribution in [2.75, 3.05) is 17.2 Å². The van der Waals surface area contributed by atoms with Crippen LogP contribution in [0.4, 0.5) is 15.9 Å². The number of benzene rings is 2. The molecule has 9 nitrogen and oxygen atoms in total. The number of rotatable bonds is 7. The quantitative estimate of drug-likeness (QED) is 0.388. The van der Waals surface area contributed by atoms with Gasteiger partial charge in [0, 0.05) is 11.3 Å². The van der Waals surface area contributed by atoms with Gasteiger partial charge in [-0.3, -0.25) is 9.59 Å². The number of amides is 2. The molecule has 172 valence electrons. The van der Waals surface area contributed by atoms with E-state index in [1.165, 1.54) is 18.5 Å². The normalized spacial score (nSPS) is 11.6. The lowest BCUT2D eigenvalue weighted by atomic mass is 10.1. The summed E-state index contributed by atoms with van der Waals surface area (Å²) in [6, 6.07) is 16.9. The molecule has 2 aromatic heterocycles. The lowest BCUT2D eigenvalue weighted by Crippen LogP contribution is -2.17. The number of hydrogen-bond donors (Lipinski definition) is 3. The van der Waals surface area contributed by atoms with Crippen molar-refractivity contribution in [3.05, 3.63) is 90.0 Å². The molecule has 2 aromatic carbocycles. The zero-order chi connectivity index (χ0) is 24.1. The van der Waals surface area contributed by atoms with Gasteiger partial charge in [-0.1, -0.05) is 24.3 Å². The van der Waals surface area contributed by atoms with Crippen LogP contribution < -0.4 is 10.6 Å². The molecule has 10 heteroatoms. The molecular weight excluding hydrogens is 439 g/mol. The standard InChI is InChI=1S/C24H21FN6O3/c1-15(13-32)31-14-26-30-22(31)20-8-5-9-21(28-20)29-24(34)18-12-17(10-11-19(18)25)27-23(33)16-6-3-2-4-7-16/h2-12,14-15,32H,13H2,1H3,(H,27,33)(H,28,29,34)/t15-/m1/s1. The van der Waals surface area contributed by atoms with Gasteiger partial charge in [0.15, 0.2) is 5.82 Å². The first kappa shape index (κ1) is 22.7. The Kier molecular flexibility index (Phi) is 6.69. The van der Waals surface area contributed by atoms with Gasteiger partial charge in [0.1, 0.15) is 23.7 Å². The van der Waals surface area contributed by atoms with E-state index in [4.69, 9.17) is 0 Å². The van der Waals surface area contributed by atoms with Crippen LogP contribution in [0.1, 0.15) is 33.7 Å². The molecule has 0 saturated carbocycles. The van der Waals surface area contributed by atoms with E-state index >= 15 is 0 Å². The summed E-state index contributed by atoms with van der Waals surface area (Å²) in [5.74, 6) is -1.28. The number of hydrogen-bond acceptors (Lipinski definition) is 6. The Bertz CT molecular complexity index is 1330.